The van der Waals surface area contributed by atoms with Crippen LogP contribution in [-0.4, -0.2) is 54.7 Å². The topological polar surface area (TPSA) is 40.6 Å². The second kappa shape index (κ2) is 5.65. The van der Waals surface area contributed by atoms with E-state index in [9.17, 15) is 9.59 Å². The van der Waals surface area contributed by atoms with Crippen molar-refractivity contribution in [1.29, 1.82) is 0 Å². The van der Waals surface area contributed by atoms with Crippen LogP contribution in [0, 0.1) is 0 Å². The van der Waals surface area contributed by atoms with Crippen LogP contribution in [-0.2, 0) is 9.59 Å². The Morgan fingerprint density at radius 2 is 2.08 bits per heavy atom. The average Bonchev–Trinajstić information content (AvgIpc) is 2.04. The first kappa shape index (κ1) is 11.0. The Morgan fingerprint density at radius 1 is 1.50 bits per heavy atom. The first-order valence-corrected chi connectivity index (χ1v) is 3.92. The predicted molar refractivity (Wildman–Crippen MR) is 50.0 cm³/mol. The van der Waals surface area contributed by atoms with Crippen LogP contribution in [0.5, 0.6) is 0 Å². The quantitative estimate of drug-likeness (QED) is 0.432. The number of likely N-dealkylation sites (N-methyl/N-ethyl adjacent to an activating group) is 2. The maximum Gasteiger partial charge on any atom is 0.242 e. The largest absolute Gasteiger partial charge is 0.362 e. The number of nitrogens with zero attached hydrogens (tertiary/aromatic N) is 2. The van der Waals surface area contributed by atoms with E-state index in [1.165, 1.54) is 10.4 Å². The number of amides is 1. The van der Waals surface area contributed by atoms with E-state index < -0.39 is 0 Å². The molecule has 0 atom stereocenters. The molecule has 0 aromatic carbocycles. The number of thiocarbonyl (C=S) groups is 1. The number of carbonyl (C=O) groups is 2. The lowest BCUT2D eigenvalue weighted by molar-refractivity contribution is -0.131. The Balaban J connectivity index is 3.85. The van der Waals surface area contributed by atoms with Crippen LogP contribution in [0.1, 0.15) is 0 Å². The summed E-state index contributed by atoms with van der Waals surface area (Å²) in [6.45, 7) is 0.345. The van der Waals surface area contributed by atoms with Gasteiger partial charge < -0.3 is 14.6 Å². The summed E-state index contributed by atoms with van der Waals surface area (Å²) >= 11 is 4.60. The molecule has 0 saturated heterocycles. The van der Waals surface area contributed by atoms with Gasteiger partial charge >= 0.3 is 0 Å². The van der Waals surface area contributed by atoms with E-state index in [1.807, 2.05) is 0 Å². The fourth-order valence-electron chi connectivity index (χ4n) is 0.585. The zero-order valence-electron chi connectivity index (χ0n) is 7.19. The zero-order chi connectivity index (χ0) is 9.56. The standard InChI is InChI=1S/C7H12N2O2S/c1-8(6-12)5-7(11)9(2)3-4-10/h4,6H,3,5H2,1-2H3. The van der Waals surface area contributed by atoms with Gasteiger partial charge in [0.05, 0.1) is 18.6 Å². The number of hydrogen-bond acceptors (Lipinski definition) is 3. The van der Waals surface area contributed by atoms with E-state index in [-0.39, 0.29) is 19.0 Å². The third-order valence-corrected chi connectivity index (χ3v) is 1.70. The van der Waals surface area contributed by atoms with Gasteiger partial charge in [0.2, 0.25) is 5.91 Å². The predicted octanol–water partition coefficient (Wildman–Crippen LogP) is -0.467. The van der Waals surface area contributed by atoms with E-state index in [0.29, 0.717) is 6.29 Å². The Morgan fingerprint density at radius 3 is 2.50 bits per heavy atom. The minimum atomic E-state index is -0.120. The van der Waals surface area contributed by atoms with Crippen LogP contribution in [0.25, 0.3) is 0 Å². The van der Waals surface area contributed by atoms with Crippen molar-refractivity contribution in [2.45, 2.75) is 0 Å². The molecule has 0 aliphatic carbocycles. The fourth-order valence-corrected chi connectivity index (χ4v) is 0.659. The van der Waals surface area contributed by atoms with Crippen LogP contribution >= 0.6 is 12.2 Å². The van der Waals surface area contributed by atoms with Gasteiger partial charge in [-0.2, -0.15) is 0 Å². The zero-order valence-corrected chi connectivity index (χ0v) is 8.00. The first-order valence-electron chi connectivity index (χ1n) is 3.45. The highest BCUT2D eigenvalue weighted by molar-refractivity contribution is 7.78. The molecule has 0 fully saturated rings. The number of carbonyl (C=O) groups excluding carboxylic acids is 2. The maximum atomic E-state index is 11.2. The van der Waals surface area contributed by atoms with Gasteiger partial charge in [0, 0.05) is 14.1 Å². The molecule has 0 aromatic rings. The molecule has 0 aliphatic heterocycles. The SMILES string of the molecule is CN(C=S)CC(=O)N(C)CC=O. The Hall–Kier alpha value is -0.970. The Labute approximate surface area is 77.1 Å². The minimum absolute atomic E-state index is 0.120. The van der Waals surface area contributed by atoms with Gasteiger partial charge in [-0.15, -0.1) is 0 Å². The van der Waals surface area contributed by atoms with E-state index in [2.05, 4.69) is 12.2 Å². The third kappa shape index (κ3) is 4.02. The lowest BCUT2D eigenvalue weighted by atomic mass is 10.5. The second-order valence-corrected chi connectivity index (χ2v) is 2.67. The molecule has 0 unspecified atom stereocenters. The van der Waals surface area contributed by atoms with Crippen molar-refractivity contribution in [1.82, 2.24) is 9.80 Å². The molecule has 12 heavy (non-hydrogen) atoms. The monoisotopic (exact) mass is 188 g/mol. The van der Waals surface area contributed by atoms with E-state index in [0.717, 1.165) is 0 Å². The van der Waals surface area contributed by atoms with Gasteiger partial charge in [-0.05, 0) is 0 Å². The molecule has 1 amide bonds. The molecule has 0 bridgehead atoms. The molecular weight excluding hydrogens is 176 g/mol. The molecule has 0 N–H and O–H groups in total. The van der Waals surface area contributed by atoms with Gasteiger partial charge in [0.25, 0.3) is 0 Å². The van der Waals surface area contributed by atoms with Crippen molar-refractivity contribution in [3.8, 4) is 0 Å². The highest BCUT2D eigenvalue weighted by Gasteiger charge is 2.08. The summed E-state index contributed by atoms with van der Waals surface area (Å²) in [7, 11) is 3.29. The van der Waals surface area contributed by atoms with Gasteiger partial charge in [-0.1, -0.05) is 12.2 Å². The molecule has 0 aliphatic rings. The molecule has 68 valence electrons. The minimum Gasteiger partial charge on any atom is -0.362 e. The number of aldehydes is 1. The van der Waals surface area contributed by atoms with Crippen LogP contribution in [0.4, 0.5) is 0 Å². The van der Waals surface area contributed by atoms with Gasteiger partial charge in [0.1, 0.15) is 6.29 Å². The van der Waals surface area contributed by atoms with Crippen molar-refractivity contribution in [2.75, 3.05) is 27.2 Å². The summed E-state index contributed by atoms with van der Waals surface area (Å²) < 4.78 is 0. The molecule has 0 saturated carbocycles. The Kier molecular flexibility index (Phi) is 5.19. The maximum absolute atomic E-state index is 11.2. The smallest absolute Gasteiger partial charge is 0.242 e. The average molecular weight is 188 g/mol. The summed E-state index contributed by atoms with van der Waals surface area (Å²) in [5.41, 5.74) is 1.40. The van der Waals surface area contributed by atoms with Crippen molar-refractivity contribution >= 4 is 29.9 Å². The molecule has 0 rings (SSSR count). The molecule has 0 heterocycles. The van der Waals surface area contributed by atoms with E-state index >= 15 is 0 Å². The molecule has 0 radical (unpaired) electrons. The molecule has 4 nitrogen and oxygen atoms in total. The molecule has 0 spiro atoms. The van der Waals surface area contributed by atoms with Crippen LogP contribution < -0.4 is 0 Å². The van der Waals surface area contributed by atoms with Crippen LogP contribution in [0.15, 0.2) is 0 Å². The summed E-state index contributed by atoms with van der Waals surface area (Å²) in [4.78, 5) is 24.1. The number of rotatable bonds is 5. The summed E-state index contributed by atoms with van der Waals surface area (Å²) in [6, 6.07) is 0. The van der Waals surface area contributed by atoms with Crippen LogP contribution in [0.2, 0.25) is 0 Å². The van der Waals surface area contributed by atoms with Crippen molar-refractivity contribution in [3.63, 3.8) is 0 Å². The van der Waals surface area contributed by atoms with Crippen molar-refractivity contribution in [3.05, 3.63) is 0 Å². The number of hydrogen-bond donors (Lipinski definition) is 0. The van der Waals surface area contributed by atoms with Gasteiger partial charge in [-0.25, -0.2) is 0 Å². The third-order valence-electron chi connectivity index (χ3n) is 1.34. The summed E-state index contributed by atoms with van der Waals surface area (Å²) in [6.07, 6.45) is 0.690. The first-order chi connectivity index (χ1) is 5.61. The van der Waals surface area contributed by atoms with Crippen LogP contribution in [0.3, 0.4) is 0 Å². The van der Waals surface area contributed by atoms with Crippen molar-refractivity contribution < 1.29 is 9.59 Å². The normalized spacial score (nSPS) is 8.83. The molecule has 5 heteroatoms. The molecular formula is C7H12N2O2S. The molecule has 0 aromatic heterocycles. The Bertz CT molecular complexity index is 184. The van der Waals surface area contributed by atoms with Crippen molar-refractivity contribution in [2.24, 2.45) is 0 Å². The lowest BCUT2D eigenvalue weighted by Crippen LogP contribution is -2.36. The highest BCUT2D eigenvalue weighted by atomic mass is 32.1. The van der Waals surface area contributed by atoms with Gasteiger partial charge in [0.15, 0.2) is 0 Å². The summed E-state index contributed by atoms with van der Waals surface area (Å²) in [5, 5.41) is 0. The highest BCUT2D eigenvalue weighted by Crippen LogP contribution is 1.85. The second-order valence-electron chi connectivity index (χ2n) is 2.46. The van der Waals surface area contributed by atoms with E-state index in [4.69, 9.17) is 0 Å². The summed E-state index contributed by atoms with van der Waals surface area (Å²) in [5.74, 6) is -0.120. The fraction of sp³-hybridized carbons (Fsp3) is 0.571. The lowest BCUT2D eigenvalue weighted by Gasteiger charge is -2.17. The van der Waals surface area contributed by atoms with E-state index in [1.54, 1.807) is 19.0 Å². The van der Waals surface area contributed by atoms with Gasteiger partial charge in [-0.3, -0.25) is 4.79 Å².